The molecule has 0 aliphatic rings. The lowest BCUT2D eigenvalue weighted by molar-refractivity contribution is 0.471. The minimum absolute atomic E-state index is 0.321. The summed E-state index contributed by atoms with van der Waals surface area (Å²) in [5.41, 5.74) is 2.18. The van der Waals surface area contributed by atoms with Crippen LogP contribution < -0.4 is 10.1 Å². The summed E-state index contributed by atoms with van der Waals surface area (Å²) in [4.78, 5) is 0. The van der Waals surface area contributed by atoms with Gasteiger partial charge in [-0.1, -0.05) is 35.0 Å². The molecule has 0 spiro atoms. The Morgan fingerprint density at radius 2 is 2.00 bits per heavy atom. The first-order valence-corrected chi connectivity index (χ1v) is 7.82. The van der Waals surface area contributed by atoms with Crippen LogP contribution in [0.4, 0.5) is 4.39 Å². The topological polar surface area (TPSA) is 21.3 Å². The van der Waals surface area contributed by atoms with Crippen LogP contribution in [0.1, 0.15) is 24.5 Å². The van der Waals surface area contributed by atoms with Crippen LogP contribution in [0.15, 0.2) is 40.9 Å². The van der Waals surface area contributed by atoms with E-state index in [1.807, 2.05) is 19.1 Å². The van der Waals surface area contributed by atoms with Crippen LogP contribution in [0.25, 0.3) is 0 Å². The zero-order valence-electron chi connectivity index (χ0n) is 12.2. The second kappa shape index (κ2) is 7.57. The molecule has 0 heterocycles. The Kier molecular flexibility index (Phi) is 5.76. The maximum Gasteiger partial charge on any atom is 0.131 e. The number of ether oxygens (including phenoxy) is 1. The molecule has 0 saturated carbocycles. The summed E-state index contributed by atoms with van der Waals surface area (Å²) in [7, 11) is 0. The quantitative estimate of drug-likeness (QED) is 0.723. The fraction of sp³-hybridized carbons (Fsp3) is 0.294. The van der Waals surface area contributed by atoms with E-state index in [0.717, 1.165) is 36.4 Å². The second-order valence-electron chi connectivity index (χ2n) is 4.98. The summed E-state index contributed by atoms with van der Waals surface area (Å²) in [5.74, 6) is 0.921. The number of hydrogen-bond acceptors (Lipinski definition) is 2. The van der Waals surface area contributed by atoms with E-state index in [1.54, 1.807) is 6.07 Å². The maximum atomic E-state index is 13.4. The third-order valence-electron chi connectivity index (χ3n) is 3.07. The predicted octanol–water partition coefficient (Wildman–Crippen LogP) is 5.19. The molecule has 0 radical (unpaired) electrons. The SMILES string of the molecule is CCCNCc1ccc(C)c(Oc2cc(F)cc(Br)c2)c1. The van der Waals surface area contributed by atoms with E-state index in [-0.39, 0.29) is 5.82 Å². The normalized spacial score (nSPS) is 10.7. The van der Waals surface area contributed by atoms with Gasteiger partial charge in [0.2, 0.25) is 0 Å². The molecule has 0 amide bonds. The van der Waals surface area contributed by atoms with Gasteiger partial charge in [0.15, 0.2) is 0 Å². The number of benzene rings is 2. The first-order chi connectivity index (χ1) is 10.1. The smallest absolute Gasteiger partial charge is 0.131 e. The van der Waals surface area contributed by atoms with Crippen molar-refractivity contribution in [2.75, 3.05) is 6.54 Å². The largest absolute Gasteiger partial charge is 0.457 e. The number of hydrogen-bond donors (Lipinski definition) is 1. The number of aryl methyl sites for hydroxylation is 1. The molecular formula is C17H19BrFNO. The van der Waals surface area contributed by atoms with Crippen molar-refractivity contribution in [3.05, 3.63) is 57.8 Å². The van der Waals surface area contributed by atoms with Crippen molar-refractivity contribution in [2.24, 2.45) is 0 Å². The van der Waals surface area contributed by atoms with E-state index in [0.29, 0.717) is 10.2 Å². The van der Waals surface area contributed by atoms with Crippen LogP contribution in [0, 0.1) is 12.7 Å². The molecule has 2 aromatic rings. The van der Waals surface area contributed by atoms with Gasteiger partial charge in [-0.05, 0) is 49.2 Å². The summed E-state index contributed by atoms with van der Waals surface area (Å²) in [6.45, 7) is 5.91. The molecule has 2 aromatic carbocycles. The van der Waals surface area contributed by atoms with E-state index >= 15 is 0 Å². The van der Waals surface area contributed by atoms with E-state index in [9.17, 15) is 4.39 Å². The van der Waals surface area contributed by atoms with Crippen LogP contribution in [0.2, 0.25) is 0 Å². The molecule has 0 unspecified atom stereocenters. The zero-order valence-corrected chi connectivity index (χ0v) is 13.8. The molecule has 21 heavy (non-hydrogen) atoms. The summed E-state index contributed by atoms with van der Waals surface area (Å²) in [5, 5.41) is 3.36. The van der Waals surface area contributed by atoms with Crippen molar-refractivity contribution in [3.63, 3.8) is 0 Å². The monoisotopic (exact) mass is 351 g/mol. The van der Waals surface area contributed by atoms with Gasteiger partial charge < -0.3 is 10.1 Å². The molecule has 0 aliphatic heterocycles. The van der Waals surface area contributed by atoms with Crippen LogP contribution in [0.3, 0.4) is 0 Å². The van der Waals surface area contributed by atoms with E-state index < -0.39 is 0 Å². The molecular weight excluding hydrogens is 333 g/mol. The zero-order chi connectivity index (χ0) is 15.2. The number of halogens is 2. The molecule has 2 rings (SSSR count). The van der Waals surface area contributed by atoms with E-state index in [1.165, 1.54) is 12.1 Å². The van der Waals surface area contributed by atoms with E-state index in [4.69, 9.17) is 4.74 Å². The minimum Gasteiger partial charge on any atom is -0.457 e. The first kappa shape index (κ1) is 16.0. The fourth-order valence-corrected chi connectivity index (χ4v) is 2.43. The van der Waals surface area contributed by atoms with Gasteiger partial charge in [-0.25, -0.2) is 4.39 Å². The third-order valence-corrected chi connectivity index (χ3v) is 3.53. The van der Waals surface area contributed by atoms with Gasteiger partial charge in [0.25, 0.3) is 0 Å². The lowest BCUT2D eigenvalue weighted by atomic mass is 10.1. The van der Waals surface area contributed by atoms with Gasteiger partial charge in [-0.3, -0.25) is 0 Å². The van der Waals surface area contributed by atoms with E-state index in [2.05, 4.69) is 34.2 Å². The highest BCUT2D eigenvalue weighted by Gasteiger charge is 2.06. The molecule has 0 atom stereocenters. The molecule has 4 heteroatoms. The van der Waals surface area contributed by atoms with Crippen molar-refractivity contribution in [1.82, 2.24) is 5.32 Å². The number of nitrogens with one attached hydrogen (secondary N) is 1. The van der Waals surface area contributed by atoms with Crippen LogP contribution >= 0.6 is 15.9 Å². The van der Waals surface area contributed by atoms with Crippen LogP contribution in [-0.4, -0.2) is 6.54 Å². The van der Waals surface area contributed by atoms with Gasteiger partial charge in [0.05, 0.1) is 0 Å². The molecule has 0 aliphatic carbocycles. The molecule has 112 valence electrons. The van der Waals surface area contributed by atoms with Gasteiger partial charge in [0, 0.05) is 17.1 Å². The summed E-state index contributed by atoms with van der Waals surface area (Å²) in [6.07, 6.45) is 1.10. The summed E-state index contributed by atoms with van der Waals surface area (Å²) < 4.78 is 19.9. The molecule has 0 saturated heterocycles. The Morgan fingerprint density at radius 1 is 1.19 bits per heavy atom. The molecule has 0 aromatic heterocycles. The average Bonchev–Trinajstić information content (AvgIpc) is 2.41. The highest BCUT2D eigenvalue weighted by atomic mass is 79.9. The highest BCUT2D eigenvalue weighted by molar-refractivity contribution is 9.10. The Labute approximate surface area is 133 Å². The summed E-state index contributed by atoms with van der Waals surface area (Å²) >= 11 is 3.27. The highest BCUT2D eigenvalue weighted by Crippen LogP contribution is 2.29. The Hall–Kier alpha value is -1.39. The molecule has 0 bridgehead atoms. The van der Waals surface area contributed by atoms with Crippen molar-refractivity contribution in [1.29, 1.82) is 0 Å². The second-order valence-corrected chi connectivity index (χ2v) is 5.90. The standard InChI is InChI=1S/C17H19BrFNO/c1-3-6-20-11-13-5-4-12(2)17(7-13)21-16-9-14(18)8-15(19)10-16/h4-5,7-10,20H,3,6,11H2,1-2H3. The van der Waals surface area contributed by atoms with Gasteiger partial charge in [0.1, 0.15) is 17.3 Å². The fourth-order valence-electron chi connectivity index (χ4n) is 1.99. The lowest BCUT2D eigenvalue weighted by Gasteiger charge is -2.12. The van der Waals surface area contributed by atoms with Crippen molar-refractivity contribution < 1.29 is 9.13 Å². The molecule has 0 fully saturated rings. The Balaban J connectivity index is 2.16. The molecule has 2 nitrogen and oxygen atoms in total. The predicted molar refractivity (Wildman–Crippen MR) is 87.4 cm³/mol. The Bertz CT molecular complexity index is 595. The van der Waals surface area contributed by atoms with Gasteiger partial charge in [-0.2, -0.15) is 0 Å². The van der Waals surface area contributed by atoms with Crippen molar-refractivity contribution in [3.8, 4) is 11.5 Å². The lowest BCUT2D eigenvalue weighted by Crippen LogP contribution is -2.13. The third kappa shape index (κ3) is 4.83. The van der Waals surface area contributed by atoms with Crippen LogP contribution in [0.5, 0.6) is 11.5 Å². The average molecular weight is 352 g/mol. The maximum absolute atomic E-state index is 13.4. The Morgan fingerprint density at radius 3 is 2.71 bits per heavy atom. The van der Waals surface area contributed by atoms with Gasteiger partial charge in [-0.15, -0.1) is 0 Å². The van der Waals surface area contributed by atoms with Crippen LogP contribution in [-0.2, 0) is 6.54 Å². The summed E-state index contributed by atoms with van der Waals surface area (Å²) in [6, 6.07) is 10.6. The number of rotatable bonds is 6. The van der Waals surface area contributed by atoms with Crippen molar-refractivity contribution in [2.45, 2.75) is 26.8 Å². The van der Waals surface area contributed by atoms with Crippen molar-refractivity contribution >= 4 is 15.9 Å². The molecule has 1 N–H and O–H groups in total. The minimum atomic E-state index is -0.321. The van der Waals surface area contributed by atoms with Gasteiger partial charge >= 0.3 is 0 Å². The first-order valence-electron chi connectivity index (χ1n) is 7.02.